The van der Waals surface area contributed by atoms with Gasteiger partial charge in [-0.05, 0) is 19.1 Å². The molecule has 0 heterocycles. The van der Waals surface area contributed by atoms with Gasteiger partial charge in [0.25, 0.3) is 0 Å². The van der Waals surface area contributed by atoms with Crippen LogP contribution in [-0.2, 0) is 23.7 Å². The molecule has 1 atom stereocenters. The molecule has 29 heavy (non-hydrogen) atoms. The van der Waals surface area contributed by atoms with E-state index in [9.17, 15) is 4.79 Å². The van der Waals surface area contributed by atoms with Crippen LogP contribution >= 0.6 is 0 Å². The Hall–Kier alpha value is -1.71. The first-order valence-corrected chi connectivity index (χ1v) is 10.1. The summed E-state index contributed by atoms with van der Waals surface area (Å²) < 4.78 is 27.3. The predicted molar refractivity (Wildman–Crippen MR) is 111 cm³/mol. The Morgan fingerprint density at radius 2 is 1.41 bits per heavy atom. The van der Waals surface area contributed by atoms with Crippen LogP contribution in [0.4, 0.5) is 0 Å². The van der Waals surface area contributed by atoms with Crippen molar-refractivity contribution in [3.05, 3.63) is 30.3 Å². The van der Waals surface area contributed by atoms with E-state index in [1.165, 1.54) is 0 Å². The molecule has 0 spiro atoms. The molecule has 0 aliphatic rings. The third-order valence-corrected chi connectivity index (χ3v) is 3.85. The fourth-order valence-electron chi connectivity index (χ4n) is 2.23. The zero-order chi connectivity index (χ0) is 21.0. The second kappa shape index (κ2) is 18.3. The molecular weight excluding hydrogens is 376 g/mol. The quantitative estimate of drug-likeness (QED) is 0.331. The lowest BCUT2D eigenvalue weighted by atomic mass is 10.3. The molecule has 0 fully saturated rings. The summed E-state index contributed by atoms with van der Waals surface area (Å²) in [5.41, 5.74) is 0. The fraction of sp³-hybridized carbons (Fsp3) is 0.667. The lowest BCUT2D eigenvalue weighted by Crippen LogP contribution is -2.34. The standard InChI is InChI=1S/C21H36N2O6/c1-19(18-29-20-6-4-3-5-7-20)23-9-11-26-13-15-28-17-16-27-14-12-25-10-8-21(24)22-2/h3-7,19,23H,8-18H2,1-2H3,(H,22,24). The normalized spacial score (nSPS) is 11.9. The molecule has 0 aliphatic carbocycles. The van der Waals surface area contributed by atoms with E-state index < -0.39 is 0 Å². The van der Waals surface area contributed by atoms with Gasteiger partial charge in [-0.1, -0.05) is 18.2 Å². The van der Waals surface area contributed by atoms with Gasteiger partial charge in [-0.15, -0.1) is 0 Å². The van der Waals surface area contributed by atoms with Crippen molar-refractivity contribution >= 4 is 5.91 Å². The summed E-state index contributed by atoms with van der Waals surface area (Å²) in [7, 11) is 1.61. The fourth-order valence-corrected chi connectivity index (χ4v) is 2.23. The maximum Gasteiger partial charge on any atom is 0.222 e. The minimum atomic E-state index is -0.0242. The van der Waals surface area contributed by atoms with Crippen LogP contribution in [0.15, 0.2) is 30.3 Å². The Balaban J connectivity index is 1.76. The van der Waals surface area contributed by atoms with Gasteiger partial charge in [0.15, 0.2) is 0 Å². The lowest BCUT2D eigenvalue weighted by molar-refractivity contribution is -0.121. The molecule has 0 saturated carbocycles. The number of amides is 1. The monoisotopic (exact) mass is 412 g/mol. The SMILES string of the molecule is CNC(=O)CCOCCOCCOCCOCCNC(C)COc1ccccc1. The smallest absolute Gasteiger partial charge is 0.222 e. The van der Waals surface area contributed by atoms with E-state index in [1.807, 2.05) is 30.3 Å². The van der Waals surface area contributed by atoms with Gasteiger partial charge in [-0.3, -0.25) is 4.79 Å². The molecule has 1 aromatic carbocycles. The maximum absolute atomic E-state index is 11.0. The number of para-hydroxylation sites is 1. The van der Waals surface area contributed by atoms with Gasteiger partial charge in [-0.2, -0.15) is 0 Å². The Morgan fingerprint density at radius 3 is 2.00 bits per heavy atom. The minimum Gasteiger partial charge on any atom is -0.492 e. The molecule has 8 nitrogen and oxygen atoms in total. The molecule has 0 saturated heterocycles. The zero-order valence-corrected chi connectivity index (χ0v) is 17.7. The molecule has 0 aliphatic heterocycles. The largest absolute Gasteiger partial charge is 0.492 e. The average molecular weight is 413 g/mol. The van der Waals surface area contributed by atoms with E-state index in [4.69, 9.17) is 23.7 Å². The summed E-state index contributed by atoms with van der Waals surface area (Å²) in [6.45, 7) is 7.60. The van der Waals surface area contributed by atoms with E-state index >= 15 is 0 Å². The van der Waals surface area contributed by atoms with E-state index in [-0.39, 0.29) is 11.9 Å². The third kappa shape index (κ3) is 15.8. The van der Waals surface area contributed by atoms with Gasteiger partial charge in [0, 0.05) is 26.1 Å². The van der Waals surface area contributed by atoms with Gasteiger partial charge in [0.1, 0.15) is 12.4 Å². The van der Waals surface area contributed by atoms with Gasteiger partial charge in [-0.25, -0.2) is 0 Å². The number of hydrogen-bond acceptors (Lipinski definition) is 7. The van der Waals surface area contributed by atoms with E-state index in [1.54, 1.807) is 7.05 Å². The van der Waals surface area contributed by atoms with Crippen molar-refractivity contribution in [1.29, 1.82) is 0 Å². The second-order valence-corrected chi connectivity index (χ2v) is 6.35. The zero-order valence-electron chi connectivity index (χ0n) is 17.7. The topological polar surface area (TPSA) is 87.3 Å². The molecule has 166 valence electrons. The van der Waals surface area contributed by atoms with Crippen LogP contribution < -0.4 is 15.4 Å². The van der Waals surface area contributed by atoms with Crippen LogP contribution in [0.5, 0.6) is 5.75 Å². The number of carbonyl (C=O) groups excluding carboxylic acids is 1. The number of nitrogens with one attached hydrogen (secondary N) is 2. The molecule has 1 aromatic rings. The van der Waals surface area contributed by atoms with Crippen LogP contribution in [0, 0.1) is 0 Å². The summed E-state index contributed by atoms with van der Waals surface area (Å²) in [5, 5.41) is 5.90. The highest BCUT2D eigenvalue weighted by atomic mass is 16.6. The number of hydrogen-bond donors (Lipinski definition) is 2. The first-order chi connectivity index (χ1) is 14.2. The number of benzene rings is 1. The lowest BCUT2D eigenvalue weighted by Gasteiger charge is -2.15. The Morgan fingerprint density at radius 1 is 0.862 bits per heavy atom. The Kier molecular flexibility index (Phi) is 16.0. The molecule has 0 aromatic heterocycles. The highest BCUT2D eigenvalue weighted by Gasteiger charge is 2.02. The summed E-state index contributed by atoms with van der Waals surface area (Å²) in [4.78, 5) is 11.0. The molecule has 1 rings (SSSR count). The van der Waals surface area contributed by atoms with Gasteiger partial charge >= 0.3 is 0 Å². The Labute approximate surface area is 174 Å². The third-order valence-electron chi connectivity index (χ3n) is 3.85. The van der Waals surface area contributed by atoms with E-state index in [0.29, 0.717) is 65.9 Å². The first-order valence-electron chi connectivity index (χ1n) is 10.1. The van der Waals surface area contributed by atoms with Gasteiger partial charge in [0.2, 0.25) is 5.91 Å². The van der Waals surface area contributed by atoms with Crippen LogP contribution in [0.1, 0.15) is 13.3 Å². The molecule has 1 amide bonds. The van der Waals surface area contributed by atoms with E-state index in [0.717, 1.165) is 12.3 Å². The van der Waals surface area contributed by atoms with Crippen molar-refractivity contribution in [2.75, 3.05) is 73.1 Å². The number of rotatable bonds is 19. The van der Waals surface area contributed by atoms with Crippen molar-refractivity contribution in [3.63, 3.8) is 0 Å². The molecular formula is C21H36N2O6. The van der Waals surface area contributed by atoms with Crippen molar-refractivity contribution in [3.8, 4) is 5.75 Å². The summed E-state index contributed by atoms with van der Waals surface area (Å²) >= 11 is 0. The van der Waals surface area contributed by atoms with Crippen molar-refractivity contribution in [1.82, 2.24) is 10.6 Å². The van der Waals surface area contributed by atoms with Crippen molar-refractivity contribution < 1.29 is 28.5 Å². The second-order valence-electron chi connectivity index (χ2n) is 6.35. The van der Waals surface area contributed by atoms with Crippen LogP contribution in [-0.4, -0.2) is 85.0 Å². The van der Waals surface area contributed by atoms with Crippen LogP contribution in [0.25, 0.3) is 0 Å². The summed E-state index contributed by atoms with van der Waals surface area (Å²) in [6.07, 6.45) is 0.371. The maximum atomic E-state index is 11.0. The number of carbonyl (C=O) groups is 1. The summed E-state index contributed by atoms with van der Waals surface area (Å²) in [5.74, 6) is 0.857. The first kappa shape index (κ1) is 25.3. The van der Waals surface area contributed by atoms with Gasteiger partial charge < -0.3 is 34.3 Å². The molecule has 2 N–H and O–H groups in total. The highest BCUT2D eigenvalue weighted by Crippen LogP contribution is 2.08. The van der Waals surface area contributed by atoms with Crippen molar-refractivity contribution in [2.24, 2.45) is 0 Å². The van der Waals surface area contributed by atoms with Crippen molar-refractivity contribution in [2.45, 2.75) is 19.4 Å². The van der Waals surface area contributed by atoms with Crippen LogP contribution in [0.2, 0.25) is 0 Å². The highest BCUT2D eigenvalue weighted by molar-refractivity contribution is 5.75. The molecule has 8 heteroatoms. The molecule has 0 radical (unpaired) electrons. The van der Waals surface area contributed by atoms with E-state index in [2.05, 4.69) is 17.6 Å². The summed E-state index contributed by atoms with van der Waals surface area (Å²) in [6, 6.07) is 10.0. The van der Waals surface area contributed by atoms with Gasteiger partial charge in [0.05, 0.1) is 52.9 Å². The van der Waals surface area contributed by atoms with Crippen LogP contribution in [0.3, 0.4) is 0 Å². The molecule has 1 unspecified atom stereocenters. The average Bonchev–Trinajstić information content (AvgIpc) is 2.75. The number of ether oxygens (including phenoxy) is 5. The Bertz CT molecular complexity index is 503. The molecule has 0 bridgehead atoms. The minimum absolute atomic E-state index is 0.0242. The predicted octanol–water partition coefficient (Wildman–Crippen LogP) is 1.25.